The van der Waals surface area contributed by atoms with Gasteiger partial charge in [0.25, 0.3) is 0 Å². The van der Waals surface area contributed by atoms with Gasteiger partial charge in [-0.15, -0.1) is 0 Å². The van der Waals surface area contributed by atoms with E-state index in [1.807, 2.05) is 105 Å². The molecule has 17 aromatic carbocycles. The molecule has 0 spiro atoms. The van der Waals surface area contributed by atoms with Crippen LogP contribution in [0.15, 0.2) is 388 Å². The average molecular weight is 2140 g/mol. The molecule has 8 nitrogen and oxygen atoms in total. The molecule has 0 amide bonds. The van der Waals surface area contributed by atoms with Gasteiger partial charge < -0.3 is 28.4 Å². The molecule has 758 valence electrons. The molecule has 2 aliphatic carbocycles. The van der Waals surface area contributed by atoms with E-state index in [-0.39, 0.29) is 23.8 Å². The van der Waals surface area contributed by atoms with E-state index in [1.165, 1.54) is 283 Å². The van der Waals surface area contributed by atoms with Crippen molar-refractivity contribution in [2.75, 3.05) is 13.7 Å². The second kappa shape index (κ2) is 72.2. The number of hydrogen-bond donors (Lipinski definition) is 0. The maximum absolute atomic E-state index is 10.6. The third-order valence-electron chi connectivity index (χ3n) is 22.8. The van der Waals surface area contributed by atoms with Gasteiger partial charge in [0.05, 0.1) is 7.11 Å². The monoisotopic (exact) mass is 2130 g/mol. The van der Waals surface area contributed by atoms with E-state index in [2.05, 4.69) is 345 Å². The van der Waals surface area contributed by atoms with Crippen molar-refractivity contribution in [1.29, 1.82) is 0 Å². The molecule has 17 aromatic rings. The van der Waals surface area contributed by atoms with Crippen LogP contribution in [0, 0.1) is 13.8 Å². The summed E-state index contributed by atoms with van der Waals surface area (Å²) in [5.74, 6) is 3.50. The number of carbonyl (C=O) groups excluding carboxylic acids is 2. The predicted molar refractivity (Wildman–Crippen MR) is 681 cm³/mol. The fraction of sp³-hybridized carbons (Fsp3) is 0.220. The Hall–Kier alpha value is -11.1. The molecule has 19 rings (SSSR count). The Morgan fingerprint density at radius 2 is 0.660 bits per heavy atom. The van der Waals surface area contributed by atoms with Crippen LogP contribution in [0.3, 0.4) is 0 Å². The molecule has 1 atom stereocenters. The van der Waals surface area contributed by atoms with Crippen molar-refractivity contribution >= 4 is 219 Å². The first-order chi connectivity index (χ1) is 69.6. The number of aryl methyl sites for hydroxylation is 8. The van der Waals surface area contributed by atoms with Crippen molar-refractivity contribution in [3.63, 3.8) is 0 Å². The highest BCUT2D eigenvalue weighted by Crippen LogP contribution is 2.31. The summed E-state index contributed by atoms with van der Waals surface area (Å²) in [4.78, 5) is 21.2. The highest BCUT2D eigenvalue weighted by molar-refractivity contribution is 6.39. The van der Waals surface area contributed by atoms with Crippen LogP contribution in [-0.4, -0.2) is 171 Å². The molecule has 1 unspecified atom stereocenters. The summed E-state index contributed by atoms with van der Waals surface area (Å²) in [5, 5.41) is 19.9. The number of benzene rings is 17. The SMILES string of the molecule is CC(=O)Oc1ccc(CC[SiH3])cc1.CC(=O)Oc1ccc(C[SiH3])cc1.CC(C)(C)Oc1ccc([SiH3])cc1.CCOC(C)Oc1ccc(C[SiH3])cc1.COc1ccc([SiH3])cc1.C[SiH3].C[SiH3].Cc1ccc(C[SiH3])cc1.Cc1ccc([SiH3])cc1.[SiH3]CCc1ccccc1.[SiH3]c1cccc2cc3ccccc3cc12.[SiH3]c1cccc2ccccc12.[SiH3]c1ccccc1.c1cc2c3c(cccc3c1)CC2.c1ccc2c(c1)CCC2. The minimum atomic E-state index is -0.270. The Bertz CT molecular complexity index is 6250. The maximum Gasteiger partial charge on any atom is 0.308 e. The lowest BCUT2D eigenvalue weighted by atomic mass is 10.0. The molecule has 0 radical (unpaired) electrons. The van der Waals surface area contributed by atoms with Crippen molar-refractivity contribution in [3.05, 3.63) is 449 Å². The normalized spacial score (nSPS) is 10.9. The first-order valence-electron chi connectivity index (χ1n) is 51.9. The summed E-state index contributed by atoms with van der Waals surface area (Å²) in [7, 11) is 17.3. The summed E-state index contributed by atoms with van der Waals surface area (Å²) in [6.45, 7) is 22.0. The van der Waals surface area contributed by atoms with Crippen LogP contribution in [0.2, 0.25) is 25.2 Å². The van der Waals surface area contributed by atoms with E-state index in [0.29, 0.717) is 18.1 Å². The van der Waals surface area contributed by atoms with E-state index in [4.69, 9.17) is 28.4 Å². The summed E-state index contributed by atoms with van der Waals surface area (Å²) < 4.78 is 31.3. The molecule has 0 bridgehead atoms. The number of ether oxygens (including phenoxy) is 6. The smallest absolute Gasteiger partial charge is 0.308 e. The van der Waals surface area contributed by atoms with Crippen molar-refractivity contribution in [2.45, 2.75) is 162 Å². The van der Waals surface area contributed by atoms with Gasteiger partial charge in [0.1, 0.15) is 34.3 Å². The van der Waals surface area contributed by atoms with Crippen LogP contribution in [0.25, 0.3) is 43.1 Å². The van der Waals surface area contributed by atoms with E-state index in [1.54, 1.807) is 18.2 Å². The fourth-order valence-electron chi connectivity index (χ4n) is 15.2. The van der Waals surface area contributed by atoms with Crippen LogP contribution in [0.1, 0.15) is 116 Å². The second-order valence-corrected chi connectivity index (χ2v) is 46.9. The van der Waals surface area contributed by atoms with E-state index in [9.17, 15) is 9.59 Å². The number of carbonyl (C=O) groups is 2. The van der Waals surface area contributed by atoms with Gasteiger partial charge in [0.2, 0.25) is 0 Å². The molecular formula is C123H166O8Si13. The lowest BCUT2D eigenvalue weighted by Gasteiger charge is -2.21. The molecular weight excluding hydrogens is 1970 g/mol. The molecule has 0 N–H and O–H groups in total. The number of methoxy groups -OCH3 is 1. The summed E-state index contributed by atoms with van der Waals surface area (Å²) in [5.41, 5.74) is 15.8. The molecule has 0 aliphatic heterocycles. The quantitative estimate of drug-likeness (QED) is 0.0330. The lowest BCUT2D eigenvalue weighted by Crippen LogP contribution is -2.23. The molecule has 0 saturated heterocycles. The van der Waals surface area contributed by atoms with E-state index >= 15 is 0 Å². The van der Waals surface area contributed by atoms with Crippen LogP contribution < -0.4 is 54.8 Å². The van der Waals surface area contributed by atoms with Crippen LogP contribution in [-0.2, 0) is 71.0 Å². The van der Waals surface area contributed by atoms with Gasteiger partial charge in [0.15, 0.2) is 6.29 Å². The van der Waals surface area contributed by atoms with Gasteiger partial charge in [0, 0.05) is 133 Å². The highest BCUT2D eigenvalue weighted by atomic mass is 28.2. The first kappa shape index (κ1) is 123. The summed E-state index contributed by atoms with van der Waals surface area (Å²) in [6, 6.07) is 142. The van der Waals surface area contributed by atoms with E-state index in [0.717, 1.165) is 80.9 Å². The molecule has 2 aliphatic rings. The third-order valence-corrected chi connectivity index (χ3v) is 30.7. The molecule has 21 heteroatoms. The highest BCUT2D eigenvalue weighted by Gasteiger charge is 2.14. The molecule has 0 fully saturated rings. The maximum atomic E-state index is 10.6. The minimum absolute atomic E-state index is 0.0906. The van der Waals surface area contributed by atoms with Crippen molar-refractivity contribution in [3.8, 4) is 28.7 Å². The summed E-state index contributed by atoms with van der Waals surface area (Å²) in [6.07, 6.45) is 8.67. The number of rotatable bonds is 15. The van der Waals surface area contributed by atoms with Gasteiger partial charge in [-0.05, 0) is 281 Å². The van der Waals surface area contributed by atoms with Crippen LogP contribution in [0.4, 0.5) is 0 Å². The number of esters is 2. The second-order valence-electron chi connectivity index (χ2n) is 36.0. The lowest BCUT2D eigenvalue weighted by molar-refractivity contribution is -0.132. The molecule has 144 heavy (non-hydrogen) atoms. The number of hydrogen-bond acceptors (Lipinski definition) is 8. The van der Waals surface area contributed by atoms with Gasteiger partial charge in [-0.2, -0.15) is 0 Å². The zero-order valence-electron chi connectivity index (χ0n) is 91.5. The number of fused-ring (bicyclic) bond motifs is 4. The molecule has 0 aromatic heterocycles. The van der Waals surface area contributed by atoms with Gasteiger partial charge in [-0.1, -0.05) is 400 Å². The van der Waals surface area contributed by atoms with Crippen molar-refractivity contribution in [2.24, 2.45) is 0 Å². The predicted octanol–water partition coefficient (Wildman–Crippen LogP) is 11.5. The zero-order valence-corrected chi connectivity index (χ0v) is 117. The Kier molecular flexibility index (Phi) is 61.9. The van der Waals surface area contributed by atoms with Gasteiger partial charge >= 0.3 is 11.9 Å². The van der Waals surface area contributed by atoms with Gasteiger partial charge in [-0.25, -0.2) is 0 Å². The average Bonchev–Trinajstić information content (AvgIpc) is 1.12. The Morgan fingerprint density at radius 1 is 0.326 bits per heavy atom. The van der Waals surface area contributed by atoms with Crippen molar-refractivity contribution in [1.82, 2.24) is 0 Å². The fourth-order valence-corrected chi connectivity index (χ4v) is 20.4. The van der Waals surface area contributed by atoms with Gasteiger partial charge in [-0.3, -0.25) is 9.59 Å². The van der Waals surface area contributed by atoms with Crippen LogP contribution >= 0.6 is 0 Å². The summed E-state index contributed by atoms with van der Waals surface area (Å²) >= 11 is 0. The molecule has 0 saturated carbocycles. The molecule has 0 heterocycles. The van der Waals surface area contributed by atoms with Crippen LogP contribution in [0.5, 0.6) is 28.7 Å². The minimum Gasteiger partial charge on any atom is -0.497 e. The zero-order chi connectivity index (χ0) is 105. The topological polar surface area (TPSA) is 89.5 Å². The first-order valence-corrected chi connectivity index (χ1v) is 69.0. The Labute approximate surface area is 904 Å². The Morgan fingerprint density at radius 3 is 1.07 bits per heavy atom. The standard InChI is InChI=1S/C14H12Si.C12H10.C11H18O2Si.C10H14O2Si.C10H16OSi.C10H10Si.C9H12O2Si.C9H10.2C8H12Si.C7H10OSi.C7H10Si.C6H8Si.2CH6Si/c15-14-7-3-6-12-8-10-4-1-2-5-11(10)9-13(12)14;1-3-9-4-2-6-11-8-7-10(5-1)12(9)11;1-3-12-9(2)13-11-6-4-10(8-14)5-7-11;1-8(11)12-10-4-2-9(3-5-10)6-7-13;1-10(2,3)11-8-4-6-9(12)7-5-8;11-10-7-3-5-8-4-1-2-6-9(8)10;1-7(10)11-9-4-2-8(6-12)3-5-9;1-2-5-9-7-3-6-8(9)4-1;1-7-2-4-8(6-9)5-3-7;9-7-6-8-4-2-1-3-5-8;1-8-6-2-4-7(9)5-3-6;1-6-2-4-7(8)5-3-6;7-6-4-2-1-3-5-6;2*1-2/h1-9H,15H3;1-6H,7-8H2;4-7,9H,3,8H2,1-2,14H3;2-5H,6-7H2,1,13H3;4-7H,1-3,12H3;1-7H,11H3;2-5H,6H2,1,12H3;1-2,4-5H,3,6-7H2;2-5H,6H2,1,9H3;1-5H,6-7H2,9H3;2-5H,1,9H3;2-5H,1,8H3;1-5H,7H3;2*1-2H3. The Balaban J connectivity index is 0.000000275. The van der Waals surface area contributed by atoms with Crippen molar-refractivity contribution < 1.29 is 38.0 Å². The largest absolute Gasteiger partial charge is 0.497 e. The third kappa shape index (κ3) is 50.6. The van der Waals surface area contributed by atoms with E-state index < -0.39 is 0 Å².